The number of carbonyl (C=O) groups is 2. The van der Waals surface area contributed by atoms with E-state index in [0.29, 0.717) is 20.5 Å². The number of hydrogen-bond donors (Lipinski definition) is 1. The summed E-state index contributed by atoms with van der Waals surface area (Å²) < 4.78 is 9.34. The molecule has 0 aliphatic carbocycles. The second-order valence-electron chi connectivity index (χ2n) is 7.74. The highest BCUT2D eigenvalue weighted by molar-refractivity contribution is 8.26. The fourth-order valence-corrected chi connectivity index (χ4v) is 4.82. The van der Waals surface area contributed by atoms with Crippen LogP contribution in [0.1, 0.15) is 21.7 Å². The molecule has 1 aliphatic rings. The first-order valence-corrected chi connectivity index (χ1v) is 13.0. The molecule has 2 heterocycles. The molecule has 1 fully saturated rings. The average Bonchev–Trinajstić information content (AvgIpc) is 3.48. The zero-order chi connectivity index (χ0) is 27.4. The van der Waals surface area contributed by atoms with Crippen molar-refractivity contribution >= 4 is 86.7 Å². The molecule has 0 radical (unpaired) electrons. The van der Waals surface area contributed by atoms with E-state index in [0.717, 1.165) is 6.07 Å². The van der Waals surface area contributed by atoms with Crippen LogP contribution in [0.15, 0.2) is 76.2 Å². The van der Waals surface area contributed by atoms with Crippen LogP contribution in [0.3, 0.4) is 0 Å². The number of thioether (sulfide) groups is 1. The molecule has 1 aliphatic heterocycles. The van der Waals surface area contributed by atoms with Crippen LogP contribution in [0.2, 0.25) is 0 Å². The van der Waals surface area contributed by atoms with E-state index >= 15 is 0 Å². The topological polar surface area (TPSA) is 115 Å². The van der Waals surface area contributed by atoms with Gasteiger partial charge in [-0.3, -0.25) is 24.6 Å². The van der Waals surface area contributed by atoms with E-state index in [9.17, 15) is 19.7 Å². The number of rotatable bonds is 8. The molecular formula is C24H16Cl3N3O6S2. The maximum Gasteiger partial charge on any atom is 0.270 e. The molecule has 38 heavy (non-hydrogen) atoms. The summed E-state index contributed by atoms with van der Waals surface area (Å²) in [6, 6.07) is 15.1. The maximum absolute atomic E-state index is 12.8. The Labute approximate surface area is 240 Å². The molecule has 2 amide bonds. The summed E-state index contributed by atoms with van der Waals surface area (Å²) in [6.07, 6.45) is 1.78. The van der Waals surface area contributed by atoms with Gasteiger partial charge in [0.2, 0.25) is 10.0 Å². The largest absolute Gasteiger partial charge is 0.467 e. The minimum Gasteiger partial charge on any atom is -0.467 e. The third-order valence-electron chi connectivity index (χ3n) is 5.08. The molecule has 1 N–H and O–H groups in total. The van der Waals surface area contributed by atoms with Gasteiger partial charge in [0.05, 0.1) is 22.6 Å². The third kappa shape index (κ3) is 6.86. The van der Waals surface area contributed by atoms with Crippen molar-refractivity contribution in [1.29, 1.82) is 0 Å². The number of non-ortho nitro benzene ring substituents is 1. The van der Waals surface area contributed by atoms with Gasteiger partial charge in [-0.2, -0.15) is 0 Å². The Morgan fingerprint density at radius 3 is 2.58 bits per heavy atom. The number of amides is 2. The molecule has 14 heteroatoms. The monoisotopic (exact) mass is 611 g/mol. The molecular weight excluding hydrogens is 597 g/mol. The van der Waals surface area contributed by atoms with Gasteiger partial charge in [0, 0.05) is 17.7 Å². The van der Waals surface area contributed by atoms with Crippen molar-refractivity contribution in [2.45, 2.75) is 16.6 Å². The Balaban J connectivity index is 1.44. The summed E-state index contributed by atoms with van der Waals surface area (Å²) in [4.78, 5) is 37.7. The van der Waals surface area contributed by atoms with Crippen molar-refractivity contribution in [3.8, 4) is 5.75 Å². The number of furan rings is 1. The summed E-state index contributed by atoms with van der Waals surface area (Å²) in [7, 11) is 0. The number of benzene rings is 2. The quantitative estimate of drug-likeness (QED) is 0.0811. The highest BCUT2D eigenvalue weighted by Crippen LogP contribution is 2.35. The van der Waals surface area contributed by atoms with Crippen LogP contribution in [0.5, 0.6) is 5.75 Å². The van der Waals surface area contributed by atoms with Gasteiger partial charge in [-0.05, 0) is 42.0 Å². The number of nitrogens with zero attached hydrogens (tertiary/aromatic N) is 2. The predicted octanol–water partition coefficient (Wildman–Crippen LogP) is 6.09. The number of alkyl halides is 3. The summed E-state index contributed by atoms with van der Waals surface area (Å²) in [5.74, 6) is -0.108. The molecule has 1 saturated heterocycles. The highest BCUT2D eigenvalue weighted by atomic mass is 35.6. The highest BCUT2D eigenvalue weighted by Gasteiger charge is 2.37. The minimum absolute atomic E-state index is 0.0123. The van der Waals surface area contributed by atoms with Crippen molar-refractivity contribution in [3.05, 3.63) is 98.8 Å². The van der Waals surface area contributed by atoms with Crippen LogP contribution < -0.4 is 10.1 Å². The van der Waals surface area contributed by atoms with Crippen molar-refractivity contribution in [1.82, 2.24) is 10.2 Å². The number of ether oxygens (including phenoxy) is 1. The first kappa shape index (κ1) is 27.9. The van der Waals surface area contributed by atoms with E-state index in [4.69, 9.17) is 56.2 Å². The Hall–Kier alpha value is -3.09. The molecule has 3 aromatic rings. The summed E-state index contributed by atoms with van der Waals surface area (Å²) in [6.45, 7) is 0.238. The lowest BCUT2D eigenvalue weighted by Crippen LogP contribution is -2.47. The van der Waals surface area contributed by atoms with Gasteiger partial charge in [0.1, 0.15) is 15.8 Å². The number of nitro benzene ring substituents is 1. The lowest BCUT2D eigenvalue weighted by atomic mass is 10.2. The molecule has 1 aromatic heterocycles. The molecule has 196 valence electrons. The van der Waals surface area contributed by atoms with Gasteiger partial charge in [-0.15, -0.1) is 0 Å². The number of thiocarbonyl (C=S) groups is 1. The number of carbonyl (C=O) groups excluding carboxylic acids is 2. The van der Waals surface area contributed by atoms with Gasteiger partial charge in [0.25, 0.3) is 17.5 Å². The van der Waals surface area contributed by atoms with Crippen LogP contribution in [0, 0.1) is 10.1 Å². The van der Waals surface area contributed by atoms with Crippen LogP contribution >= 0.6 is 58.8 Å². The molecule has 0 saturated carbocycles. The van der Waals surface area contributed by atoms with Crippen molar-refractivity contribution in [3.63, 3.8) is 0 Å². The third-order valence-corrected chi connectivity index (χ3v) is 7.05. The van der Waals surface area contributed by atoms with E-state index < -0.39 is 20.9 Å². The smallest absolute Gasteiger partial charge is 0.270 e. The molecule has 4 rings (SSSR count). The Morgan fingerprint density at radius 2 is 1.95 bits per heavy atom. The number of hydrogen-bond acceptors (Lipinski definition) is 8. The van der Waals surface area contributed by atoms with Gasteiger partial charge in [-0.1, -0.05) is 77.0 Å². The predicted molar refractivity (Wildman–Crippen MR) is 149 cm³/mol. The van der Waals surface area contributed by atoms with Crippen LogP contribution in [-0.2, 0) is 11.3 Å². The normalized spacial score (nSPS) is 15.6. The lowest BCUT2D eigenvalue weighted by Gasteiger charge is -2.26. The standard InChI is InChI=1S/C24H16Cl3N3O6S2/c25-24(26,27)22(28-20(31)15-3-1-4-16(12-15)30(33)34)36-17-8-6-14(7-9-17)11-19-21(32)29(23(37)38-19)13-18-5-2-10-35-18/h1-12,22H,13H2,(H,28,31)/b19-11-/t22-/m0/s1. The van der Waals surface area contributed by atoms with Crippen molar-refractivity contribution in [2.24, 2.45) is 0 Å². The van der Waals surface area contributed by atoms with Crippen molar-refractivity contribution in [2.75, 3.05) is 0 Å². The second kappa shape index (κ2) is 11.7. The molecule has 0 unspecified atom stereocenters. The SMILES string of the molecule is O=C(N[C@@H](Oc1ccc(/C=C2\SC(=S)N(Cc3ccco3)C2=O)cc1)C(Cl)(Cl)Cl)c1cccc([N+](=O)[O-])c1. The van der Waals surface area contributed by atoms with E-state index in [2.05, 4.69) is 5.32 Å². The summed E-state index contributed by atoms with van der Waals surface area (Å²) in [5, 5.41) is 13.4. The van der Waals surface area contributed by atoms with E-state index in [1.807, 2.05) is 0 Å². The molecule has 1 atom stereocenters. The molecule has 0 spiro atoms. The van der Waals surface area contributed by atoms with Crippen LogP contribution in [0.25, 0.3) is 6.08 Å². The summed E-state index contributed by atoms with van der Waals surface area (Å²) in [5.41, 5.74) is 0.404. The Bertz CT molecular complexity index is 1410. The fourth-order valence-electron chi connectivity index (χ4n) is 3.27. The van der Waals surface area contributed by atoms with Gasteiger partial charge < -0.3 is 14.5 Å². The fraction of sp³-hybridized carbons (Fsp3) is 0.125. The zero-order valence-corrected chi connectivity index (χ0v) is 22.9. The molecule has 2 aromatic carbocycles. The summed E-state index contributed by atoms with van der Waals surface area (Å²) >= 11 is 24.5. The van der Waals surface area contributed by atoms with Crippen molar-refractivity contribution < 1.29 is 23.7 Å². The van der Waals surface area contributed by atoms with E-state index in [1.54, 1.807) is 42.5 Å². The minimum atomic E-state index is -2.07. The zero-order valence-electron chi connectivity index (χ0n) is 19.0. The first-order valence-electron chi connectivity index (χ1n) is 10.7. The lowest BCUT2D eigenvalue weighted by molar-refractivity contribution is -0.384. The Morgan fingerprint density at radius 1 is 1.21 bits per heavy atom. The van der Waals surface area contributed by atoms with E-state index in [-0.39, 0.29) is 29.5 Å². The van der Waals surface area contributed by atoms with Crippen LogP contribution in [0.4, 0.5) is 5.69 Å². The maximum atomic E-state index is 12.8. The number of nitrogens with one attached hydrogen (secondary N) is 1. The molecule has 9 nitrogen and oxygen atoms in total. The van der Waals surface area contributed by atoms with E-state index in [1.165, 1.54) is 41.1 Å². The number of halogens is 3. The van der Waals surface area contributed by atoms with Gasteiger partial charge >= 0.3 is 0 Å². The van der Waals surface area contributed by atoms with Gasteiger partial charge in [0.15, 0.2) is 0 Å². The Kier molecular flexibility index (Phi) is 8.64. The average molecular weight is 613 g/mol. The van der Waals surface area contributed by atoms with Crippen LogP contribution in [-0.4, -0.2) is 36.0 Å². The molecule has 0 bridgehead atoms. The van der Waals surface area contributed by atoms with Gasteiger partial charge in [-0.25, -0.2) is 0 Å². The second-order valence-corrected chi connectivity index (χ2v) is 11.8. The number of nitro groups is 1. The first-order chi connectivity index (χ1) is 18.0.